The number of benzene rings is 2. The molecule has 3 rings (SSSR count). The van der Waals surface area contributed by atoms with Crippen molar-refractivity contribution in [3.8, 4) is 11.1 Å². The molecule has 1 fully saturated rings. The Hall–Kier alpha value is -1.90. The molecule has 0 saturated carbocycles. The Morgan fingerprint density at radius 1 is 1.29 bits per heavy atom. The van der Waals surface area contributed by atoms with Gasteiger partial charge >= 0.3 is 0 Å². The van der Waals surface area contributed by atoms with Crippen LogP contribution >= 0.6 is 0 Å². The molecule has 1 heterocycles. The smallest absolute Gasteiger partial charge is 0.277 e. The summed E-state index contributed by atoms with van der Waals surface area (Å²) in [5, 5.41) is 2.70. The maximum absolute atomic E-state index is 15.1. The molecular weight excluding hydrogens is 387 g/mol. The Kier molecular flexibility index (Phi) is 5.84. The van der Waals surface area contributed by atoms with E-state index in [2.05, 4.69) is 10.0 Å². The third-order valence-electron chi connectivity index (χ3n) is 5.03. The highest BCUT2D eigenvalue weighted by molar-refractivity contribution is 7.90. The van der Waals surface area contributed by atoms with Gasteiger partial charge in [-0.1, -0.05) is 55.0 Å². The van der Waals surface area contributed by atoms with E-state index in [9.17, 15) is 13.0 Å². The van der Waals surface area contributed by atoms with Crippen LogP contribution in [0.25, 0.3) is 11.1 Å². The fourth-order valence-corrected chi connectivity index (χ4v) is 4.36. The second kappa shape index (κ2) is 7.85. The van der Waals surface area contributed by atoms with Gasteiger partial charge in [0.2, 0.25) is 0 Å². The lowest BCUT2D eigenvalue weighted by Gasteiger charge is -2.25. The molecule has 0 bridgehead atoms. The molecule has 152 valence electrons. The van der Waals surface area contributed by atoms with E-state index >= 15 is 4.39 Å². The van der Waals surface area contributed by atoms with E-state index < -0.39 is 40.3 Å². The molecule has 0 amide bonds. The van der Waals surface area contributed by atoms with Crippen molar-refractivity contribution in [3.05, 3.63) is 59.4 Å². The van der Waals surface area contributed by atoms with Gasteiger partial charge in [0.15, 0.2) is 0 Å². The first-order valence-corrected chi connectivity index (χ1v) is 10.8. The zero-order valence-electron chi connectivity index (χ0n) is 15.8. The van der Waals surface area contributed by atoms with E-state index in [1.54, 1.807) is 24.3 Å². The first-order chi connectivity index (χ1) is 13.1. The lowest BCUT2D eigenvalue weighted by atomic mass is 9.95. The minimum atomic E-state index is -3.33. The van der Waals surface area contributed by atoms with Gasteiger partial charge in [0.05, 0.1) is 6.54 Å². The quantitative estimate of drug-likeness (QED) is 0.675. The summed E-state index contributed by atoms with van der Waals surface area (Å²) in [4.78, 5) is 0. The zero-order chi connectivity index (χ0) is 20.5. The van der Waals surface area contributed by atoms with Crippen molar-refractivity contribution in [2.24, 2.45) is 0 Å². The molecule has 0 aliphatic carbocycles. The number of alkyl halides is 2. The van der Waals surface area contributed by atoms with Crippen LogP contribution in [-0.2, 0) is 16.3 Å². The summed E-state index contributed by atoms with van der Waals surface area (Å²) in [6.07, 6.45) is -0.00200. The second-order valence-electron chi connectivity index (χ2n) is 7.16. The van der Waals surface area contributed by atoms with Crippen molar-refractivity contribution < 1.29 is 17.4 Å². The first-order valence-electron chi connectivity index (χ1n) is 9.12. The fourth-order valence-electron chi connectivity index (χ4n) is 3.45. The van der Waals surface area contributed by atoms with Crippen LogP contribution in [0.4, 0.5) is 13.2 Å². The number of nitrogens with one attached hydrogen (secondary N) is 3. The van der Waals surface area contributed by atoms with Gasteiger partial charge in [-0.2, -0.15) is 0 Å². The van der Waals surface area contributed by atoms with Crippen molar-refractivity contribution in [2.45, 2.75) is 38.3 Å². The van der Waals surface area contributed by atoms with E-state index in [4.69, 9.17) is 4.78 Å². The van der Waals surface area contributed by atoms with E-state index in [1.807, 2.05) is 25.1 Å². The summed E-state index contributed by atoms with van der Waals surface area (Å²) < 4.78 is 65.7. The number of hydrogen-bond acceptors (Lipinski definition) is 3. The number of aryl methyl sites for hydroxylation is 1. The molecule has 3 atom stereocenters. The Labute approximate surface area is 163 Å². The molecule has 1 saturated heterocycles. The Morgan fingerprint density at radius 3 is 2.68 bits per heavy atom. The SMILES string of the molecule is CCS(=N)(=O)N[C@@H]1[C@H](Cc2cccc(-c3cccc(C)c3)c2F)NCC1(F)F. The summed E-state index contributed by atoms with van der Waals surface area (Å²) in [6, 6.07) is 10.0. The maximum Gasteiger partial charge on any atom is 0.277 e. The van der Waals surface area contributed by atoms with Crippen LogP contribution in [0.1, 0.15) is 18.1 Å². The highest BCUT2D eigenvalue weighted by Gasteiger charge is 2.51. The van der Waals surface area contributed by atoms with Crippen molar-refractivity contribution in [1.29, 1.82) is 4.78 Å². The monoisotopic (exact) mass is 411 g/mol. The minimum absolute atomic E-state index is 0.00200. The summed E-state index contributed by atoms with van der Waals surface area (Å²) in [6.45, 7) is 2.81. The van der Waals surface area contributed by atoms with Crippen molar-refractivity contribution in [1.82, 2.24) is 10.0 Å². The fraction of sp³-hybridized carbons (Fsp3) is 0.400. The third-order valence-corrected chi connectivity index (χ3v) is 6.48. The van der Waals surface area contributed by atoms with Crippen molar-refractivity contribution in [3.63, 3.8) is 0 Å². The lowest BCUT2D eigenvalue weighted by molar-refractivity contribution is -0.000625. The number of halogens is 3. The molecule has 8 heteroatoms. The molecule has 2 aromatic carbocycles. The van der Waals surface area contributed by atoms with Crippen molar-refractivity contribution in [2.75, 3.05) is 12.3 Å². The van der Waals surface area contributed by atoms with Crippen molar-refractivity contribution >= 4 is 9.92 Å². The van der Waals surface area contributed by atoms with Crippen LogP contribution in [0.15, 0.2) is 42.5 Å². The molecule has 2 aromatic rings. The van der Waals surface area contributed by atoms with Crippen LogP contribution in [0, 0.1) is 17.5 Å². The second-order valence-corrected chi connectivity index (χ2v) is 9.32. The normalized spacial score (nSPS) is 23.5. The minimum Gasteiger partial charge on any atom is -0.306 e. The van der Waals surface area contributed by atoms with Crippen LogP contribution in [0.5, 0.6) is 0 Å². The van der Waals surface area contributed by atoms with E-state index in [-0.39, 0.29) is 12.2 Å². The van der Waals surface area contributed by atoms with Crippen LogP contribution in [-0.4, -0.2) is 34.5 Å². The average molecular weight is 411 g/mol. The van der Waals surface area contributed by atoms with Gasteiger partial charge in [-0.3, -0.25) is 0 Å². The standard InChI is InChI=1S/C20H24F3N3OS/c1-3-28(24,27)26-19-17(25-12-20(19,22)23)11-15-8-5-9-16(18(15)21)14-7-4-6-13(2)10-14/h4-10,17,19,25H,3,11-12H2,1-2H3,(H2,24,26,27)/t17-,19+,28?/m0/s1. The number of hydrogen-bond donors (Lipinski definition) is 3. The van der Waals surface area contributed by atoms with Gasteiger partial charge in [-0.25, -0.2) is 26.9 Å². The van der Waals surface area contributed by atoms with Crippen LogP contribution in [0.3, 0.4) is 0 Å². The number of rotatable bonds is 6. The Bertz CT molecular complexity index is 963. The molecular formula is C20H24F3N3OS. The van der Waals surface area contributed by atoms with E-state index in [0.717, 1.165) is 11.1 Å². The average Bonchev–Trinajstić information content (AvgIpc) is 2.91. The first kappa shape index (κ1) is 20.8. The van der Waals surface area contributed by atoms with Gasteiger partial charge < -0.3 is 5.32 Å². The topological polar surface area (TPSA) is 65.0 Å². The highest BCUT2D eigenvalue weighted by Crippen LogP contribution is 2.31. The van der Waals surface area contributed by atoms with E-state index in [0.29, 0.717) is 11.1 Å². The molecule has 1 aliphatic heterocycles. The highest BCUT2D eigenvalue weighted by atomic mass is 32.2. The molecule has 0 aromatic heterocycles. The molecule has 0 radical (unpaired) electrons. The molecule has 3 N–H and O–H groups in total. The summed E-state index contributed by atoms with van der Waals surface area (Å²) in [5.74, 6) is -3.71. The van der Waals surface area contributed by atoms with Crippen LogP contribution < -0.4 is 10.0 Å². The maximum atomic E-state index is 15.1. The van der Waals surface area contributed by atoms with Gasteiger partial charge in [0.25, 0.3) is 5.92 Å². The van der Waals surface area contributed by atoms with Gasteiger partial charge in [-0.05, 0) is 24.5 Å². The lowest BCUT2D eigenvalue weighted by Crippen LogP contribution is -2.51. The molecule has 1 unspecified atom stereocenters. The van der Waals surface area contributed by atoms with Gasteiger partial charge in [-0.15, -0.1) is 0 Å². The van der Waals surface area contributed by atoms with E-state index in [1.165, 1.54) is 6.92 Å². The summed E-state index contributed by atoms with van der Waals surface area (Å²) in [7, 11) is -3.33. The third kappa shape index (κ3) is 4.39. The largest absolute Gasteiger partial charge is 0.306 e. The van der Waals surface area contributed by atoms with Gasteiger partial charge in [0, 0.05) is 17.4 Å². The molecule has 28 heavy (non-hydrogen) atoms. The molecule has 0 spiro atoms. The Balaban J connectivity index is 1.90. The zero-order valence-corrected chi connectivity index (χ0v) is 16.6. The van der Waals surface area contributed by atoms with Crippen LogP contribution in [0.2, 0.25) is 0 Å². The molecule has 1 aliphatic rings. The predicted octanol–water partition coefficient (Wildman–Crippen LogP) is 3.89. The Morgan fingerprint density at radius 2 is 2.00 bits per heavy atom. The summed E-state index contributed by atoms with van der Waals surface area (Å²) >= 11 is 0. The predicted molar refractivity (Wildman–Crippen MR) is 105 cm³/mol. The van der Waals surface area contributed by atoms with Gasteiger partial charge in [0.1, 0.15) is 21.8 Å². The summed E-state index contributed by atoms with van der Waals surface area (Å²) in [5.41, 5.74) is 2.43. The molecule has 4 nitrogen and oxygen atoms in total.